The van der Waals surface area contributed by atoms with Gasteiger partial charge in [-0.3, -0.25) is 10.1 Å². The molecule has 0 aliphatic carbocycles. The first kappa shape index (κ1) is 21.9. The summed E-state index contributed by atoms with van der Waals surface area (Å²) in [4.78, 5) is 17.4. The second-order valence-corrected chi connectivity index (χ2v) is 8.29. The fourth-order valence-corrected chi connectivity index (χ4v) is 4.10. The van der Waals surface area contributed by atoms with Gasteiger partial charge in [-0.2, -0.15) is 0 Å². The molecular weight excluding hydrogens is 470 g/mol. The highest BCUT2D eigenvalue weighted by molar-refractivity contribution is 7.80. The fraction of sp³-hybridized carbons (Fsp3) is 0.0385. The first-order chi connectivity index (χ1) is 16.5. The van der Waals surface area contributed by atoms with Gasteiger partial charge in [-0.05, 0) is 66.1 Å². The molecule has 0 radical (unpaired) electrons. The van der Waals surface area contributed by atoms with Crippen molar-refractivity contribution >= 4 is 62.4 Å². The number of amides is 1. The Morgan fingerprint density at radius 1 is 1.00 bits per heavy atom. The van der Waals surface area contributed by atoms with Crippen molar-refractivity contribution in [2.24, 2.45) is 0 Å². The van der Waals surface area contributed by atoms with E-state index in [2.05, 4.69) is 15.6 Å². The number of fused-ring (bicyclic) bond motifs is 2. The normalized spacial score (nSPS) is 10.9. The number of anilines is 1. The number of oxazole rings is 1. The SMILES string of the molecule is COc1ccc2oc(-c3ccc(NC(=S)NC(=O)c4cccc5c(Cl)cccc45)cc3)nc2c1. The summed E-state index contributed by atoms with van der Waals surface area (Å²) in [6.45, 7) is 0. The number of aromatic nitrogens is 1. The van der Waals surface area contributed by atoms with E-state index in [9.17, 15) is 4.79 Å². The molecule has 0 saturated heterocycles. The van der Waals surface area contributed by atoms with Gasteiger partial charge in [-0.1, -0.05) is 35.9 Å². The number of benzene rings is 4. The van der Waals surface area contributed by atoms with Crippen LogP contribution in [0.25, 0.3) is 33.3 Å². The van der Waals surface area contributed by atoms with Crippen molar-refractivity contribution in [3.63, 3.8) is 0 Å². The number of hydrogen-bond donors (Lipinski definition) is 2. The molecule has 5 rings (SSSR count). The number of methoxy groups -OCH3 is 1. The van der Waals surface area contributed by atoms with Crippen LogP contribution in [0.2, 0.25) is 5.02 Å². The number of thiocarbonyl (C=S) groups is 1. The van der Waals surface area contributed by atoms with E-state index in [0.29, 0.717) is 33.5 Å². The Kier molecular flexibility index (Phi) is 5.88. The maximum absolute atomic E-state index is 12.8. The lowest BCUT2D eigenvalue weighted by atomic mass is 10.0. The molecule has 6 nitrogen and oxygen atoms in total. The number of carbonyl (C=O) groups excluding carboxylic acids is 1. The summed E-state index contributed by atoms with van der Waals surface area (Å²) in [5, 5.41) is 8.10. The van der Waals surface area contributed by atoms with E-state index in [1.54, 1.807) is 25.3 Å². The van der Waals surface area contributed by atoms with Gasteiger partial charge in [0.25, 0.3) is 5.91 Å². The monoisotopic (exact) mass is 487 g/mol. The smallest absolute Gasteiger partial charge is 0.258 e. The van der Waals surface area contributed by atoms with Crippen LogP contribution in [0.5, 0.6) is 5.75 Å². The van der Waals surface area contributed by atoms with Gasteiger partial charge in [-0.15, -0.1) is 0 Å². The molecule has 0 bridgehead atoms. The Labute approximate surface area is 205 Å². The number of hydrogen-bond acceptors (Lipinski definition) is 5. The van der Waals surface area contributed by atoms with Gasteiger partial charge >= 0.3 is 0 Å². The van der Waals surface area contributed by atoms with Crippen molar-refractivity contribution in [2.75, 3.05) is 12.4 Å². The average molecular weight is 488 g/mol. The lowest BCUT2D eigenvalue weighted by Gasteiger charge is -2.11. The van der Waals surface area contributed by atoms with Gasteiger partial charge in [0, 0.05) is 33.3 Å². The van der Waals surface area contributed by atoms with Gasteiger partial charge in [0.05, 0.1) is 7.11 Å². The van der Waals surface area contributed by atoms with Crippen LogP contribution in [0, 0.1) is 0 Å². The number of halogens is 1. The van der Waals surface area contributed by atoms with E-state index in [-0.39, 0.29) is 11.0 Å². The summed E-state index contributed by atoms with van der Waals surface area (Å²) >= 11 is 11.6. The maximum atomic E-state index is 12.8. The number of ether oxygens (including phenoxy) is 1. The van der Waals surface area contributed by atoms with Crippen LogP contribution in [0.15, 0.2) is 83.3 Å². The van der Waals surface area contributed by atoms with Crippen LogP contribution in [0.1, 0.15) is 10.4 Å². The third kappa shape index (κ3) is 4.31. The molecule has 4 aromatic carbocycles. The Balaban J connectivity index is 1.29. The maximum Gasteiger partial charge on any atom is 0.258 e. The highest BCUT2D eigenvalue weighted by atomic mass is 35.5. The molecule has 0 spiro atoms. The van der Waals surface area contributed by atoms with E-state index in [1.807, 2.05) is 60.7 Å². The molecule has 0 aliphatic rings. The van der Waals surface area contributed by atoms with Crippen molar-refractivity contribution in [1.82, 2.24) is 10.3 Å². The van der Waals surface area contributed by atoms with E-state index >= 15 is 0 Å². The van der Waals surface area contributed by atoms with Gasteiger partial charge in [0.2, 0.25) is 5.89 Å². The minimum absolute atomic E-state index is 0.186. The van der Waals surface area contributed by atoms with E-state index in [0.717, 1.165) is 21.9 Å². The predicted molar refractivity (Wildman–Crippen MR) is 139 cm³/mol. The van der Waals surface area contributed by atoms with Crippen LogP contribution in [0.3, 0.4) is 0 Å². The quantitative estimate of drug-likeness (QED) is 0.284. The Hall–Kier alpha value is -3.94. The molecule has 1 aromatic heterocycles. The van der Waals surface area contributed by atoms with Crippen molar-refractivity contribution in [3.8, 4) is 17.2 Å². The molecule has 5 aromatic rings. The van der Waals surface area contributed by atoms with Crippen LogP contribution >= 0.6 is 23.8 Å². The average Bonchev–Trinajstić information content (AvgIpc) is 3.27. The summed E-state index contributed by atoms with van der Waals surface area (Å²) in [6, 6.07) is 23.7. The number of carbonyl (C=O) groups is 1. The number of rotatable bonds is 4. The van der Waals surface area contributed by atoms with Gasteiger partial charge in [0.15, 0.2) is 10.7 Å². The van der Waals surface area contributed by atoms with Crippen molar-refractivity contribution in [1.29, 1.82) is 0 Å². The number of nitrogens with zero attached hydrogens (tertiary/aromatic N) is 1. The van der Waals surface area contributed by atoms with E-state index < -0.39 is 0 Å². The van der Waals surface area contributed by atoms with Crippen LogP contribution in [0.4, 0.5) is 5.69 Å². The highest BCUT2D eigenvalue weighted by Crippen LogP contribution is 2.28. The zero-order valence-electron chi connectivity index (χ0n) is 18.0. The summed E-state index contributed by atoms with van der Waals surface area (Å²) in [5.41, 5.74) is 3.41. The molecule has 34 heavy (non-hydrogen) atoms. The summed E-state index contributed by atoms with van der Waals surface area (Å²) in [7, 11) is 1.61. The van der Waals surface area contributed by atoms with E-state index in [4.69, 9.17) is 33.0 Å². The van der Waals surface area contributed by atoms with Crippen molar-refractivity contribution in [2.45, 2.75) is 0 Å². The Bertz CT molecular complexity index is 1550. The fourth-order valence-electron chi connectivity index (χ4n) is 3.66. The molecule has 0 unspecified atom stereocenters. The van der Waals surface area contributed by atoms with Gasteiger partial charge in [0.1, 0.15) is 11.3 Å². The summed E-state index contributed by atoms with van der Waals surface area (Å²) in [5.74, 6) is 0.901. The van der Waals surface area contributed by atoms with Crippen molar-refractivity contribution in [3.05, 3.63) is 89.4 Å². The molecule has 2 N–H and O–H groups in total. The Morgan fingerprint density at radius 3 is 2.56 bits per heavy atom. The molecule has 1 heterocycles. The molecule has 1 amide bonds. The highest BCUT2D eigenvalue weighted by Gasteiger charge is 2.13. The predicted octanol–water partition coefficient (Wildman–Crippen LogP) is 6.44. The Morgan fingerprint density at radius 2 is 1.76 bits per heavy atom. The van der Waals surface area contributed by atoms with Crippen molar-refractivity contribution < 1.29 is 13.9 Å². The second-order valence-electron chi connectivity index (χ2n) is 7.48. The lowest BCUT2D eigenvalue weighted by molar-refractivity contribution is 0.0979. The first-order valence-corrected chi connectivity index (χ1v) is 11.1. The molecular formula is C26H18ClN3O3S. The van der Waals surface area contributed by atoms with Gasteiger partial charge < -0.3 is 14.5 Å². The van der Waals surface area contributed by atoms with Crippen LogP contribution in [-0.2, 0) is 0 Å². The zero-order chi connectivity index (χ0) is 23.7. The summed E-state index contributed by atoms with van der Waals surface area (Å²) < 4.78 is 11.1. The molecule has 0 aliphatic heterocycles. The first-order valence-electron chi connectivity index (χ1n) is 10.4. The molecule has 8 heteroatoms. The third-order valence-corrected chi connectivity index (χ3v) is 5.86. The third-order valence-electron chi connectivity index (χ3n) is 5.33. The molecule has 0 saturated carbocycles. The largest absolute Gasteiger partial charge is 0.497 e. The van der Waals surface area contributed by atoms with Crippen LogP contribution in [-0.4, -0.2) is 23.1 Å². The molecule has 0 fully saturated rings. The topological polar surface area (TPSA) is 76.4 Å². The standard InChI is InChI=1S/C26H18ClN3O3S/c1-32-17-12-13-23-22(14-17)29-25(33-23)15-8-10-16(11-9-15)28-26(34)30-24(31)20-6-2-5-19-18(20)4-3-7-21(19)27/h2-14H,1H3,(H2,28,30,31,34). The minimum atomic E-state index is -0.316. The van der Waals surface area contributed by atoms with Crippen LogP contribution < -0.4 is 15.4 Å². The summed E-state index contributed by atoms with van der Waals surface area (Å²) in [6.07, 6.45) is 0. The minimum Gasteiger partial charge on any atom is -0.497 e. The van der Waals surface area contributed by atoms with Gasteiger partial charge in [-0.25, -0.2) is 4.98 Å². The second kappa shape index (κ2) is 9.13. The number of nitrogens with one attached hydrogen (secondary N) is 2. The van der Waals surface area contributed by atoms with E-state index in [1.165, 1.54) is 0 Å². The molecule has 168 valence electrons. The lowest BCUT2D eigenvalue weighted by Crippen LogP contribution is -2.34. The molecule has 0 atom stereocenters. The zero-order valence-corrected chi connectivity index (χ0v) is 19.5.